The molecule has 1 saturated heterocycles. The second kappa shape index (κ2) is 6.70. The molecule has 20 heavy (non-hydrogen) atoms. The summed E-state index contributed by atoms with van der Waals surface area (Å²) in [7, 11) is 2.05. The van der Waals surface area contributed by atoms with Gasteiger partial charge in [0.05, 0.1) is 0 Å². The fourth-order valence-corrected chi connectivity index (χ4v) is 2.22. The standard InChI is InChI=1S/C15H21FN2O2/c1-3-14(20-13-6-4-12(16)5-7-13)15(19)18-10-8-17(2)9-11-18/h4-7,14H,3,8-11H2,1-2H3. The molecule has 5 heteroatoms. The molecule has 1 fully saturated rings. The molecule has 1 aliphatic heterocycles. The van der Waals surface area contributed by atoms with Crippen molar-refractivity contribution in [2.24, 2.45) is 0 Å². The minimum absolute atomic E-state index is 0.0184. The molecule has 0 aromatic heterocycles. The highest BCUT2D eigenvalue weighted by molar-refractivity contribution is 5.81. The van der Waals surface area contributed by atoms with Crippen LogP contribution in [0.5, 0.6) is 5.75 Å². The average molecular weight is 280 g/mol. The summed E-state index contributed by atoms with van der Waals surface area (Å²) in [6, 6.07) is 5.77. The summed E-state index contributed by atoms with van der Waals surface area (Å²) in [5.41, 5.74) is 0. The van der Waals surface area contributed by atoms with Crippen LogP contribution in [0.15, 0.2) is 24.3 Å². The van der Waals surface area contributed by atoms with E-state index >= 15 is 0 Å². The van der Waals surface area contributed by atoms with Crippen molar-refractivity contribution < 1.29 is 13.9 Å². The number of hydrogen-bond acceptors (Lipinski definition) is 3. The maximum absolute atomic E-state index is 12.9. The molecule has 1 aromatic rings. The third-order valence-electron chi connectivity index (χ3n) is 3.55. The van der Waals surface area contributed by atoms with Crippen molar-refractivity contribution in [2.75, 3.05) is 33.2 Å². The lowest BCUT2D eigenvalue weighted by molar-refractivity contribution is -0.140. The van der Waals surface area contributed by atoms with Gasteiger partial charge < -0.3 is 14.5 Å². The van der Waals surface area contributed by atoms with Gasteiger partial charge in [-0.25, -0.2) is 4.39 Å². The lowest BCUT2D eigenvalue weighted by atomic mass is 10.2. The first-order valence-electron chi connectivity index (χ1n) is 6.99. The van der Waals surface area contributed by atoms with Gasteiger partial charge in [0, 0.05) is 26.2 Å². The Morgan fingerprint density at radius 1 is 1.25 bits per heavy atom. The molecular weight excluding hydrogens is 259 g/mol. The maximum Gasteiger partial charge on any atom is 0.263 e. The number of amides is 1. The fraction of sp³-hybridized carbons (Fsp3) is 0.533. The number of benzene rings is 1. The van der Waals surface area contributed by atoms with Crippen LogP contribution in [-0.4, -0.2) is 55.0 Å². The molecule has 0 saturated carbocycles. The van der Waals surface area contributed by atoms with Crippen molar-refractivity contribution in [2.45, 2.75) is 19.4 Å². The molecule has 1 aliphatic rings. The zero-order valence-corrected chi connectivity index (χ0v) is 12.0. The Morgan fingerprint density at radius 2 is 1.85 bits per heavy atom. The first-order chi connectivity index (χ1) is 9.60. The van der Waals surface area contributed by atoms with Crippen LogP contribution < -0.4 is 4.74 Å². The molecule has 0 bridgehead atoms. The smallest absolute Gasteiger partial charge is 0.263 e. The lowest BCUT2D eigenvalue weighted by Gasteiger charge is -2.34. The Labute approximate surface area is 119 Å². The molecule has 4 nitrogen and oxygen atoms in total. The van der Waals surface area contributed by atoms with Crippen molar-refractivity contribution >= 4 is 5.91 Å². The summed E-state index contributed by atoms with van der Waals surface area (Å²) in [5, 5.41) is 0. The highest BCUT2D eigenvalue weighted by atomic mass is 19.1. The van der Waals surface area contributed by atoms with E-state index in [4.69, 9.17) is 4.74 Å². The number of ether oxygens (including phenoxy) is 1. The summed E-state index contributed by atoms with van der Waals surface area (Å²) in [6.45, 7) is 5.16. The second-order valence-electron chi connectivity index (χ2n) is 5.10. The second-order valence-corrected chi connectivity index (χ2v) is 5.10. The zero-order valence-electron chi connectivity index (χ0n) is 12.0. The van der Waals surface area contributed by atoms with Crippen LogP contribution >= 0.6 is 0 Å². The number of hydrogen-bond donors (Lipinski definition) is 0. The average Bonchev–Trinajstić information content (AvgIpc) is 2.47. The van der Waals surface area contributed by atoms with E-state index in [1.807, 2.05) is 18.9 Å². The van der Waals surface area contributed by atoms with Crippen LogP contribution in [0.2, 0.25) is 0 Å². The number of likely N-dealkylation sites (N-methyl/N-ethyl adjacent to an activating group) is 1. The Morgan fingerprint density at radius 3 is 2.40 bits per heavy atom. The lowest BCUT2D eigenvalue weighted by Crippen LogP contribution is -2.51. The molecule has 0 aliphatic carbocycles. The van der Waals surface area contributed by atoms with Crippen LogP contribution in [0.1, 0.15) is 13.3 Å². The monoisotopic (exact) mass is 280 g/mol. The normalized spacial score (nSPS) is 17.9. The summed E-state index contributed by atoms with van der Waals surface area (Å²) in [6.07, 6.45) is 0.103. The SMILES string of the molecule is CCC(Oc1ccc(F)cc1)C(=O)N1CCN(C)CC1. The largest absolute Gasteiger partial charge is 0.481 e. The van der Waals surface area contributed by atoms with Crippen molar-refractivity contribution in [3.05, 3.63) is 30.1 Å². The van der Waals surface area contributed by atoms with Gasteiger partial charge in [-0.1, -0.05) is 6.92 Å². The van der Waals surface area contributed by atoms with E-state index in [2.05, 4.69) is 4.90 Å². The van der Waals surface area contributed by atoms with E-state index < -0.39 is 6.10 Å². The Hall–Kier alpha value is -1.62. The number of rotatable bonds is 4. The molecule has 2 rings (SSSR count). The minimum atomic E-state index is -0.496. The van der Waals surface area contributed by atoms with Crippen LogP contribution in [-0.2, 0) is 4.79 Å². The van der Waals surface area contributed by atoms with Gasteiger partial charge >= 0.3 is 0 Å². The predicted octanol–water partition coefficient (Wildman–Crippen LogP) is 1.76. The third-order valence-corrected chi connectivity index (χ3v) is 3.55. The summed E-state index contributed by atoms with van der Waals surface area (Å²) in [4.78, 5) is 16.5. The van der Waals surface area contributed by atoms with Gasteiger partial charge in [-0.3, -0.25) is 4.79 Å². The van der Waals surface area contributed by atoms with E-state index in [-0.39, 0.29) is 11.7 Å². The highest BCUT2D eigenvalue weighted by Crippen LogP contribution is 2.16. The van der Waals surface area contributed by atoms with Crippen molar-refractivity contribution in [3.63, 3.8) is 0 Å². The number of piperazine rings is 1. The molecule has 1 amide bonds. The van der Waals surface area contributed by atoms with E-state index in [0.29, 0.717) is 12.2 Å². The molecule has 0 radical (unpaired) electrons. The van der Waals surface area contributed by atoms with Gasteiger partial charge in [0.25, 0.3) is 5.91 Å². The Kier molecular flexibility index (Phi) is 4.95. The first kappa shape index (κ1) is 14.8. The zero-order chi connectivity index (χ0) is 14.5. The Bertz CT molecular complexity index is 442. The minimum Gasteiger partial charge on any atom is -0.481 e. The highest BCUT2D eigenvalue weighted by Gasteiger charge is 2.26. The molecule has 0 N–H and O–H groups in total. The summed E-state index contributed by atoms with van der Waals surface area (Å²) >= 11 is 0. The number of carbonyl (C=O) groups is 1. The van der Waals surface area contributed by atoms with E-state index in [1.165, 1.54) is 12.1 Å². The Balaban J connectivity index is 1.97. The van der Waals surface area contributed by atoms with Gasteiger partial charge in [0.1, 0.15) is 11.6 Å². The molecule has 1 aromatic carbocycles. The summed E-state index contributed by atoms with van der Waals surface area (Å²) < 4.78 is 18.5. The van der Waals surface area contributed by atoms with Crippen LogP contribution in [0.4, 0.5) is 4.39 Å². The van der Waals surface area contributed by atoms with E-state index in [0.717, 1.165) is 26.2 Å². The summed E-state index contributed by atoms with van der Waals surface area (Å²) in [5.74, 6) is 0.237. The molecule has 1 atom stereocenters. The molecule has 0 spiro atoms. The fourth-order valence-electron chi connectivity index (χ4n) is 2.22. The van der Waals surface area contributed by atoms with Gasteiger partial charge in [-0.05, 0) is 37.7 Å². The number of carbonyl (C=O) groups excluding carboxylic acids is 1. The quantitative estimate of drug-likeness (QED) is 0.842. The molecule has 110 valence electrons. The van der Waals surface area contributed by atoms with Crippen molar-refractivity contribution in [3.8, 4) is 5.75 Å². The molecule has 1 unspecified atom stereocenters. The first-order valence-corrected chi connectivity index (χ1v) is 6.99. The molecule has 1 heterocycles. The van der Waals surface area contributed by atoms with Crippen LogP contribution in [0.25, 0.3) is 0 Å². The van der Waals surface area contributed by atoms with Gasteiger partial charge in [-0.2, -0.15) is 0 Å². The predicted molar refractivity (Wildman–Crippen MR) is 75.2 cm³/mol. The van der Waals surface area contributed by atoms with Gasteiger partial charge in [0.15, 0.2) is 6.10 Å². The van der Waals surface area contributed by atoms with Gasteiger partial charge in [-0.15, -0.1) is 0 Å². The van der Waals surface area contributed by atoms with Gasteiger partial charge in [0.2, 0.25) is 0 Å². The van der Waals surface area contributed by atoms with Crippen LogP contribution in [0.3, 0.4) is 0 Å². The van der Waals surface area contributed by atoms with Crippen LogP contribution in [0, 0.1) is 5.82 Å². The van der Waals surface area contributed by atoms with Crippen molar-refractivity contribution in [1.29, 1.82) is 0 Å². The topological polar surface area (TPSA) is 32.8 Å². The molecular formula is C15H21FN2O2. The maximum atomic E-state index is 12.9. The third kappa shape index (κ3) is 3.70. The van der Waals surface area contributed by atoms with E-state index in [1.54, 1.807) is 12.1 Å². The van der Waals surface area contributed by atoms with E-state index in [9.17, 15) is 9.18 Å². The van der Waals surface area contributed by atoms with Crippen molar-refractivity contribution in [1.82, 2.24) is 9.80 Å². The number of halogens is 1. The number of nitrogens with zero attached hydrogens (tertiary/aromatic N) is 2.